The van der Waals surface area contributed by atoms with Gasteiger partial charge in [-0.2, -0.15) is 0 Å². The fraction of sp³-hybridized carbons (Fsp3) is 0.167. The highest BCUT2D eigenvalue weighted by atomic mass is 79.9. The van der Waals surface area contributed by atoms with Crippen LogP contribution in [0, 0.1) is 0 Å². The highest BCUT2D eigenvalue weighted by Gasteiger charge is 2.20. The number of nitrogens with one attached hydrogen (secondary N) is 1. The quantitative estimate of drug-likeness (QED) is 0.837. The molecule has 1 heterocycles. The Hall–Kier alpha value is -1.16. The summed E-state index contributed by atoms with van der Waals surface area (Å²) in [7, 11) is -7.36. The SMILES string of the molecule is CS(=O)(=O)c1ccc(Br)c(S(=O)(=O)NCc2ccco2)c1. The first-order valence-corrected chi connectivity index (χ1v) is 9.88. The van der Waals surface area contributed by atoms with Crippen LogP contribution in [0.5, 0.6) is 0 Å². The summed E-state index contributed by atoms with van der Waals surface area (Å²) in [5.41, 5.74) is 0. The monoisotopic (exact) mass is 393 g/mol. The molecular formula is C12H12BrNO5S2. The first-order valence-electron chi connectivity index (χ1n) is 5.72. The van der Waals surface area contributed by atoms with Gasteiger partial charge in [0.1, 0.15) is 5.76 Å². The third-order valence-electron chi connectivity index (χ3n) is 2.64. The number of halogens is 1. The smallest absolute Gasteiger partial charge is 0.242 e. The van der Waals surface area contributed by atoms with Crippen molar-refractivity contribution in [2.75, 3.05) is 6.26 Å². The Morgan fingerprint density at radius 2 is 1.90 bits per heavy atom. The van der Waals surface area contributed by atoms with Crippen LogP contribution in [0.1, 0.15) is 5.76 Å². The maximum Gasteiger partial charge on any atom is 0.242 e. The Bertz CT molecular complexity index is 842. The minimum absolute atomic E-state index is 0.0229. The molecule has 0 aliphatic heterocycles. The van der Waals surface area contributed by atoms with E-state index in [0.717, 1.165) is 12.3 Å². The van der Waals surface area contributed by atoms with Gasteiger partial charge in [0.25, 0.3) is 0 Å². The molecular weight excluding hydrogens is 382 g/mol. The summed E-state index contributed by atoms with van der Waals surface area (Å²) < 4.78 is 55.2. The van der Waals surface area contributed by atoms with Gasteiger partial charge >= 0.3 is 0 Å². The number of sulfone groups is 1. The molecule has 0 aliphatic rings. The van der Waals surface area contributed by atoms with Gasteiger partial charge < -0.3 is 4.42 Å². The van der Waals surface area contributed by atoms with E-state index in [-0.39, 0.29) is 20.8 Å². The largest absolute Gasteiger partial charge is 0.468 e. The number of hydrogen-bond acceptors (Lipinski definition) is 5. The number of hydrogen-bond donors (Lipinski definition) is 1. The first kappa shape index (κ1) is 16.2. The Balaban J connectivity index is 2.35. The van der Waals surface area contributed by atoms with Crippen molar-refractivity contribution in [1.82, 2.24) is 4.72 Å². The summed E-state index contributed by atoms with van der Waals surface area (Å²) in [5.74, 6) is 0.453. The lowest BCUT2D eigenvalue weighted by Gasteiger charge is -2.09. The van der Waals surface area contributed by atoms with Gasteiger partial charge in [0.05, 0.1) is 22.6 Å². The Morgan fingerprint density at radius 1 is 1.19 bits per heavy atom. The molecule has 114 valence electrons. The summed E-state index contributed by atoms with van der Waals surface area (Å²) >= 11 is 3.11. The van der Waals surface area contributed by atoms with Gasteiger partial charge in [-0.3, -0.25) is 0 Å². The van der Waals surface area contributed by atoms with Crippen LogP contribution in [-0.4, -0.2) is 23.1 Å². The van der Waals surface area contributed by atoms with E-state index in [1.165, 1.54) is 18.4 Å². The second-order valence-electron chi connectivity index (χ2n) is 4.27. The zero-order chi connectivity index (χ0) is 15.7. The molecule has 0 radical (unpaired) electrons. The minimum atomic E-state index is -3.87. The maximum atomic E-state index is 12.2. The molecule has 1 N–H and O–H groups in total. The van der Waals surface area contributed by atoms with Gasteiger partial charge in [0.15, 0.2) is 9.84 Å². The number of sulfonamides is 1. The topological polar surface area (TPSA) is 93.5 Å². The van der Waals surface area contributed by atoms with E-state index >= 15 is 0 Å². The van der Waals surface area contributed by atoms with E-state index in [2.05, 4.69) is 20.7 Å². The van der Waals surface area contributed by atoms with Crippen LogP contribution < -0.4 is 4.72 Å². The van der Waals surface area contributed by atoms with Crippen molar-refractivity contribution in [2.24, 2.45) is 0 Å². The van der Waals surface area contributed by atoms with Crippen LogP contribution >= 0.6 is 15.9 Å². The molecule has 0 unspecified atom stereocenters. The van der Waals surface area contributed by atoms with Crippen molar-refractivity contribution in [2.45, 2.75) is 16.3 Å². The average molecular weight is 394 g/mol. The average Bonchev–Trinajstić information content (AvgIpc) is 2.88. The van der Waals surface area contributed by atoms with Gasteiger partial charge in [-0.15, -0.1) is 0 Å². The number of benzene rings is 1. The zero-order valence-electron chi connectivity index (χ0n) is 10.9. The van der Waals surface area contributed by atoms with Crippen molar-refractivity contribution in [3.8, 4) is 0 Å². The molecule has 9 heteroatoms. The van der Waals surface area contributed by atoms with Crippen LogP contribution in [0.25, 0.3) is 0 Å². The van der Waals surface area contributed by atoms with Crippen LogP contribution in [0.2, 0.25) is 0 Å². The summed E-state index contributed by atoms with van der Waals surface area (Å²) in [5, 5.41) is 0. The predicted octanol–water partition coefficient (Wildman–Crippen LogP) is 1.92. The molecule has 0 saturated carbocycles. The maximum absolute atomic E-state index is 12.2. The van der Waals surface area contributed by atoms with Crippen molar-refractivity contribution in [1.29, 1.82) is 0 Å². The lowest BCUT2D eigenvalue weighted by Crippen LogP contribution is -2.23. The van der Waals surface area contributed by atoms with Gasteiger partial charge in [-0.1, -0.05) is 0 Å². The van der Waals surface area contributed by atoms with Gasteiger partial charge in [0.2, 0.25) is 10.0 Å². The number of furan rings is 1. The normalized spacial score (nSPS) is 12.5. The highest BCUT2D eigenvalue weighted by molar-refractivity contribution is 9.10. The van der Waals surface area contributed by atoms with Crippen molar-refractivity contribution in [3.63, 3.8) is 0 Å². The molecule has 1 aromatic carbocycles. The van der Waals surface area contributed by atoms with Crippen LogP contribution in [-0.2, 0) is 26.4 Å². The predicted molar refractivity (Wildman–Crippen MR) is 80.0 cm³/mol. The molecule has 0 spiro atoms. The molecule has 0 bridgehead atoms. The molecule has 0 amide bonds. The van der Waals surface area contributed by atoms with Crippen LogP contribution in [0.4, 0.5) is 0 Å². The minimum Gasteiger partial charge on any atom is -0.468 e. The van der Waals surface area contributed by atoms with Crippen molar-refractivity contribution in [3.05, 3.63) is 46.8 Å². The van der Waals surface area contributed by atoms with Crippen molar-refractivity contribution >= 4 is 35.8 Å². The summed E-state index contributed by atoms with van der Waals surface area (Å²) in [6.07, 6.45) is 2.45. The van der Waals surface area contributed by atoms with Crippen LogP contribution in [0.15, 0.2) is 55.3 Å². The molecule has 0 aliphatic carbocycles. The Morgan fingerprint density at radius 3 is 2.48 bits per heavy atom. The Kier molecular flexibility index (Phi) is 4.57. The zero-order valence-corrected chi connectivity index (χ0v) is 14.1. The van der Waals surface area contributed by atoms with E-state index in [4.69, 9.17) is 4.42 Å². The number of rotatable bonds is 5. The van der Waals surface area contributed by atoms with E-state index in [1.54, 1.807) is 12.1 Å². The van der Waals surface area contributed by atoms with E-state index in [1.807, 2.05) is 0 Å². The molecule has 0 fully saturated rings. The van der Waals surface area contributed by atoms with Crippen molar-refractivity contribution < 1.29 is 21.3 Å². The third-order valence-corrected chi connectivity index (χ3v) is 6.14. The Labute approximate surface area is 131 Å². The van der Waals surface area contributed by atoms with Gasteiger partial charge in [0, 0.05) is 10.7 Å². The second-order valence-corrected chi connectivity index (χ2v) is 8.87. The lowest BCUT2D eigenvalue weighted by molar-refractivity contribution is 0.498. The fourth-order valence-electron chi connectivity index (χ4n) is 1.58. The van der Waals surface area contributed by atoms with E-state index in [0.29, 0.717) is 5.76 Å². The molecule has 6 nitrogen and oxygen atoms in total. The standard InChI is InChI=1S/C12H12BrNO5S2/c1-20(15,16)10-4-5-11(13)12(7-10)21(17,18)14-8-9-3-2-6-19-9/h2-7,14H,8H2,1H3. The molecule has 1 aromatic heterocycles. The third kappa shape index (κ3) is 3.94. The molecule has 0 saturated heterocycles. The first-order chi connectivity index (χ1) is 9.70. The van der Waals surface area contributed by atoms with Gasteiger partial charge in [-0.25, -0.2) is 21.6 Å². The van der Waals surface area contributed by atoms with E-state index < -0.39 is 19.9 Å². The molecule has 21 heavy (non-hydrogen) atoms. The summed E-state index contributed by atoms with van der Waals surface area (Å²) in [6, 6.07) is 7.11. The van der Waals surface area contributed by atoms with Crippen LogP contribution in [0.3, 0.4) is 0 Å². The molecule has 0 atom stereocenters. The van der Waals surface area contributed by atoms with E-state index in [9.17, 15) is 16.8 Å². The summed E-state index contributed by atoms with van der Waals surface area (Å²) in [4.78, 5) is -0.207. The summed E-state index contributed by atoms with van der Waals surface area (Å²) in [6.45, 7) is -0.0229. The highest BCUT2D eigenvalue weighted by Crippen LogP contribution is 2.25. The lowest BCUT2D eigenvalue weighted by atomic mass is 10.4. The second kappa shape index (κ2) is 5.91. The fourth-order valence-corrected chi connectivity index (χ4v) is 4.28. The molecule has 2 aromatic rings. The molecule has 2 rings (SSSR count). The van der Waals surface area contributed by atoms with Gasteiger partial charge in [-0.05, 0) is 46.3 Å².